The Balaban J connectivity index is 1.55. The van der Waals surface area contributed by atoms with E-state index in [1.54, 1.807) is 17.0 Å². The van der Waals surface area contributed by atoms with Crippen molar-refractivity contribution in [1.29, 1.82) is 0 Å². The average molecular weight is 526 g/mol. The van der Waals surface area contributed by atoms with Gasteiger partial charge in [0.05, 0.1) is 13.2 Å². The third kappa shape index (κ3) is 4.75. The van der Waals surface area contributed by atoms with Gasteiger partial charge in [-0.2, -0.15) is 0 Å². The first-order valence-corrected chi connectivity index (χ1v) is 12.9. The number of hydrogen-bond donors (Lipinski definition) is 2. The van der Waals surface area contributed by atoms with Crippen LogP contribution in [0, 0.1) is 0 Å². The first-order valence-electron chi connectivity index (χ1n) is 12.9. The van der Waals surface area contributed by atoms with Gasteiger partial charge in [0.1, 0.15) is 40.6 Å². The Morgan fingerprint density at radius 2 is 1.69 bits per heavy atom. The van der Waals surface area contributed by atoms with E-state index in [0.29, 0.717) is 31.9 Å². The van der Waals surface area contributed by atoms with Crippen molar-refractivity contribution in [3.63, 3.8) is 0 Å². The van der Waals surface area contributed by atoms with E-state index in [9.17, 15) is 19.8 Å². The maximum absolute atomic E-state index is 13.5. The van der Waals surface area contributed by atoms with Crippen molar-refractivity contribution >= 4 is 23.0 Å². The molecule has 39 heavy (non-hydrogen) atoms. The number of phenolic OH excluding ortho intramolecular Hbond substituents is 2. The summed E-state index contributed by atoms with van der Waals surface area (Å²) >= 11 is 0. The Labute approximate surface area is 224 Å². The SMILES string of the molecule is O=C(CC(C1=Cc2ccccc2OC1)c1c(O)cc(O)c2c(=O)cc(-c3ccccc3)oc12)N1CCOCC1. The fraction of sp³-hybridized carbons (Fsp3) is 0.226. The van der Waals surface area contributed by atoms with Crippen LogP contribution in [0.1, 0.15) is 23.5 Å². The number of para-hydroxylation sites is 1. The average Bonchev–Trinajstić information content (AvgIpc) is 2.96. The van der Waals surface area contributed by atoms with Crippen LogP contribution in [-0.2, 0) is 9.53 Å². The van der Waals surface area contributed by atoms with Crippen LogP contribution in [0.3, 0.4) is 0 Å². The summed E-state index contributed by atoms with van der Waals surface area (Å²) in [5.41, 5.74) is 2.10. The van der Waals surface area contributed by atoms with Crippen LogP contribution in [0.5, 0.6) is 17.2 Å². The standard InChI is InChI=1S/C31H27NO7/c33-23-16-24(34)30-25(35)17-27(19-6-2-1-3-7-19)39-31(30)29(23)22(15-28(36)32-10-12-37-13-11-32)21-14-20-8-4-5-9-26(20)38-18-21/h1-9,14,16-17,22,33-34H,10-13,15,18H2. The van der Waals surface area contributed by atoms with Gasteiger partial charge in [-0.15, -0.1) is 0 Å². The Kier molecular flexibility index (Phi) is 6.54. The number of benzene rings is 3. The van der Waals surface area contributed by atoms with Gasteiger partial charge in [0, 0.05) is 54.3 Å². The predicted octanol–water partition coefficient (Wildman–Crippen LogP) is 4.68. The minimum Gasteiger partial charge on any atom is -0.507 e. The predicted molar refractivity (Wildman–Crippen MR) is 146 cm³/mol. The lowest BCUT2D eigenvalue weighted by Crippen LogP contribution is -2.41. The van der Waals surface area contributed by atoms with E-state index in [4.69, 9.17) is 13.9 Å². The summed E-state index contributed by atoms with van der Waals surface area (Å²) < 4.78 is 17.7. The monoisotopic (exact) mass is 525 g/mol. The molecule has 1 aromatic heterocycles. The van der Waals surface area contributed by atoms with Crippen molar-refractivity contribution in [2.45, 2.75) is 12.3 Å². The zero-order chi connectivity index (χ0) is 26.9. The maximum atomic E-state index is 13.5. The molecule has 6 rings (SSSR count). The maximum Gasteiger partial charge on any atom is 0.223 e. The van der Waals surface area contributed by atoms with Crippen LogP contribution in [0.2, 0.25) is 0 Å². The fourth-order valence-corrected chi connectivity index (χ4v) is 5.27. The zero-order valence-electron chi connectivity index (χ0n) is 21.1. The van der Waals surface area contributed by atoms with Crippen molar-refractivity contribution in [3.8, 4) is 28.6 Å². The highest BCUT2D eigenvalue weighted by molar-refractivity contribution is 5.91. The molecule has 2 aliphatic rings. The number of hydrogen-bond acceptors (Lipinski definition) is 7. The lowest BCUT2D eigenvalue weighted by molar-refractivity contribution is -0.135. The molecule has 1 saturated heterocycles. The number of phenols is 2. The number of nitrogens with zero attached hydrogens (tertiary/aromatic N) is 1. The van der Waals surface area contributed by atoms with Crippen LogP contribution in [0.25, 0.3) is 28.4 Å². The van der Waals surface area contributed by atoms with Crippen molar-refractivity contribution in [2.24, 2.45) is 0 Å². The molecular weight excluding hydrogens is 498 g/mol. The van der Waals surface area contributed by atoms with E-state index in [0.717, 1.165) is 23.0 Å². The highest BCUT2D eigenvalue weighted by Crippen LogP contribution is 2.45. The third-order valence-corrected chi connectivity index (χ3v) is 7.25. The lowest BCUT2D eigenvalue weighted by Gasteiger charge is -2.30. The van der Waals surface area contributed by atoms with Crippen molar-refractivity contribution in [1.82, 2.24) is 4.90 Å². The van der Waals surface area contributed by atoms with Gasteiger partial charge in [-0.25, -0.2) is 0 Å². The summed E-state index contributed by atoms with van der Waals surface area (Å²) in [6, 6.07) is 19.1. The summed E-state index contributed by atoms with van der Waals surface area (Å²) in [4.78, 5) is 28.5. The van der Waals surface area contributed by atoms with Crippen molar-refractivity contribution in [2.75, 3.05) is 32.9 Å². The molecule has 1 fully saturated rings. The summed E-state index contributed by atoms with van der Waals surface area (Å²) in [5.74, 6) is -0.463. The molecule has 0 saturated carbocycles. The second-order valence-electron chi connectivity index (χ2n) is 9.67. The number of morpholine rings is 1. The minimum atomic E-state index is -0.689. The van der Waals surface area contributed by atoms with Crippen LogP contribution in [0.15, 0.2) is 81.5 Å². The quantitative estimate of drug-likeness (QED) is 0.389. The molecule has 198 valence electrons. The van der Waals surface area contributed by atoms with Crippen LogP contribution in [0.4, 0.5) is 0 Å². The number of fused-ring (bicyclic) bond motifs is 2. The molecule has 8 heteroatoms. The molecule has 0 aliphatic carbocycles. The Bertz CT molecular complexity index is 1630. The highest BCUT2D eigenvalue weighted by Gasteiger charge is 2.32. The summed E-state index contributed by atoms with van der Waals surface area (Å²) in [6.07, 6.45) is 1.96. The second kappa shape index (κ2) is 10.3. The molecule has 2 N–H and O–H groups in total. The summed E-state index contributed by atoms with van der Waals surface area (Å²) in [7, 11) is 0. The molecule has 0 bridgehead atoms. The molecule has 3 heterocycles. The first kappa shape index (κ1) is 24.8. The van der Waals surface area contributed by atoms with E-state index < -0.39 is 17.1 Å². The van der Waals surface area contributed by atoms with E-state index in [-0.39, 0.29) is 47.0 Å². The topological polar surface area (TPSA) is 109 Å². The molecule has 2 aliphatic heterocycles. The van der Waals surface area contributed by atoms with E-state index >= 15 is 0 Å². The summed E-state index contributed by atoms with van der Waals surface area (Å²) in [5, 5.41) is 21.9. The molecule has 4 aromatic rings. The van der Waals surface area contributed by atoms with Gasteiger partial charge in [-0.1, -0.05) is 48.5 Å². The first-order chi connectivity index (χ1) is 19.0. The Morgan fingerprint density at radius 3 is 2.49 bits per heavy atom. The molecular formula is C31H27NO7. The van der Waals surface area contributed by atoms with E-state index in [1.165, 1.54) is 6.07 Å². The van der Waals surface area contributed by atoms with Gasteiger partial charge in [0.15, 0.2) is 5.43 Å². The number of carbonyl (C=O) groups excluding carboxylic acids is 1. The summed E-state index contributed by atoms with van der Waals surface area (Å²) in [6.45, 7) is 2.04. The van der Waals surface area contributed by atoms with Crippen molar-refractivity contribution in [3.05, 3.63) is 93.7 Å². The van der Waals surface area contributed by atoms with Crippen LogP contribution in [-0.4, -0.2) is 53.9 Å². The molecule has 0 radical (unpaired) electrons. The van der Waals surface area contributed by atoms with Gasteiger partial charge < -0.3 is 29.0 Å². The number of aromatic hydroxyl groups is 2. The normalized spacial score (nSPS) is 15.8. The highest BCUT2D eigenvalue weighted by atomic mass is 16.5. The molecule has 8 nitrogen and oxygen atoms in total. The molecule has 1 atom stereocenters. The Morgan fingerprint density at radius 1 is 0.949 bits per heavy atom. The second-order valence-corrected chi connectivity index (χ2v) is 9.67. The Hall–Kier alpha value is -4.56. The van der Waals surface area contributed by atoms with Crippen molar-refractivity contribution < 1.29 is 28.9 Å². The number of ether oxygens (including phenoxy) is 2. The minimum absolute atomic E-state index is 0.00404. The largest absolute Gasteiger partial charge is 0.507 e. The van der Waals surface area contributed by atoms with Gasteiger partial charge in [0.25, 0.3) is 0 Å². The van der Waals surface area contributed by atoms with Gasteiger partial charge in [-0.3, -0.25) is 9.59 Å². The third-order valence-electron chi connectivity index (χ3n) is 7.25. The van der Waals surface area contributed by atoms with E-state index in [1.807, 2.05) is 48.5 Å². The molecule has 1 amide bonds. The number of amides is 1. The molecule has 1 unspecified atom stereocenters. The molecule has 0 spiro atoms. The van der Waals surface area contributed by atoms with E-state index in [2.05, 4.69) is 0 Å². The lowest BCUT2D eigenvalue weighted by atomic mass is 9.84. The number of carbonyl (C=O) groups is 1. The van der Waals surface area contributed by atoms with Gasteiger partial charge >= 0.3 is 0 Å². The van der Waals surface area contributed by atoms with Gasteiger partial charge in [0.2, 0.25) is 5.91 Å². The van der Waals surface area contributed by atoms with Gasteiger partial charge in [-0.05, 0) is 17.7 Å². The smallest absolute Gasteiger partial charge is 0.223 e. The molecule has 3 aromatic carbocycles. The zero-order valence-corrected chi connectivity index (χ0v) is 21.1. The number of rotatable bonds is 5. The fourth-order valence-electron chi connectivity index (χ4n) is 5.27. The van der Waals surface area contributed by atoms with Crippen LogP contribution < -0.4 is 10.2 Å². The van der Waals surface area contributed by atoms with Crippen LogP contribution >= 0.6 is 0 Å².